The molecular weight excluding hydrogens is 588 g/mol. The number of carboxylic acids is 1. The molecule has 0 aliphatic heterocycles. The number of ketones is 1. The van der Waals surface area contributed by atoms with Gasteiger partial charge in [-0.25, -0.2) is 4.39 Å². The van der Waals surface area contributed by atoms with Crippen LogP contribution < -0.4 is 5.32 Å². The molecule has 1 aromatic heterocycles. The molecule has 0 radical (unpaired) electrons. The lowest BCUT2D eigenvalue weighted by Crippen LogP contribution is -2.26. The summed E-state index contributed by atoms with van der Waals surface area (Å²) in [5.74, 6) is -3.23. The van der Waals surface area contributed by atoms with Crippen LogP contribution in [0.3, 0.4) is 0 Å². The number of hydrogen-bond acceptors (Lipinski definition) is 3. The van der Waals surface area contributed by atoms with Crippen LogP contribution in [-0.4, -0.2) is 33.9 Å². The van der Waals surface area contributed by atoms with Gasteiger partial charge in [-0.2, -0.15) is 13.2 Å². The Hall–Kier alpha value is -4.18. The molecule has 0 fully saturated rings. The molecule has 226 valence electrons. The molecule has 4 rings (SSSR count). The average Bonchev–Trinajstić information content (AvgIpc) is 3.29. The highest BCUT2D eigenvalue weighted by Gasteiger charge is 2.30. The van der Waals surface area contributed by atoms with E-state index in [2.05, 4.69) is 5.32 Å². The first-order valence-electron chi connectivity index (χ1n) is 13.6. The van der Waals surface area contributed by atoms with Crippen molar-refractivity contribution in [3.8, 4) is 0 Å². The Labute approximate surface area is 250 Å². The summed E-state index contributed by atoms with van der Waals surface area (Å²) in [4.78, 5) is 37.0. The van der Waals surface area contributed by atoms with E-state index in [-0.39, 0.29) is 42.8 Å². The van der Waals surface area contributed by atoms with Crippen LogP contribution in [0.25, 0.3) is 10.9 Å². The maximum absolute atomic E-state index is 15.1. The molecule has 0 saturated carbocycles. The first-order valence-corrected chi connectivity index (χ1v) is 14.0. The number of carboxylic acid groups (broad SMARTS) is 1. The number of rotatable bonds is 12. The summed E-state index contributed by atoms with van der Waals surface area (Å²) >= 11 is 6.20. The third-order valence-electron chi connectivity index (χ3n) is 7.15. The van der Waals surface area contributed by atoms with Crippen molar-refractivity contribution in [2.24, 2.45) is 5.92 Å². The number of aromatic nitrogens is 1. The van der Waals surface area contributed by atoms with Gasteiger partial charge in [0.2, 0.25) is 0 Å². The van der Waals surface area contributed by atoms with Crippen molar-refractivity contribution in [1.82, 2.24) is 9.88 Å². The van der Waals surface area contributed by atoms with E-state index in [9.17, 15) is 27.6 Å². The fraction of sp³-hybridized carbons (Fsp3) is 0.281. The molecule has 0 bridgehead atoms. The molecule has 43 heavy (non-hydrogen) atoms. The molecule has 1 heterocycles. The van der Waals surface area contributed by atoms with Crippen molar-refractivity contribution < 1.29 is 37.1 Å². The monoisotopic (exact) mass is 616 g/mol. The van der Waals surface area contributed by atoms with Gasteiger partial charge in [0.1, 0.15) is 5.82 Å². The normalized spacial score (nSPS) is 12.3. The third-order valence-corrected chi connectivity index (χ3v) is 7.39. The topological polar surface area (TPSA) is 88.4 Å². The molecule has 4 aromatic rings. The van der Waals surface area contributed by atoms with Crippen molar-refractivity contribution in [3.63, 3.8) is 0 Å². The van der Waals surface area contributed by atoms with Gasteiger partial charge in [-0.05, 0) is 72.5 Å². The summed E-state index contributed by atoms with van der Waals surface area (Å²) in [5.41, 5.74) is 1.05. The maximum atomic E-state index is 15.1. The number of benzene rings is 3. The summed E-state index contributed by atoms with van der Waals surface area (Å²) in [5, 5.41) is 12.3. The molecule has 1 amide bonds. The summed E-state index contributed by atoms with van der Waals surface area (Å²) in [6.07, 6.45) is -3.61. The van der Waals surface area contributed by atoms with E-state index in [0.29, 0.717) is 40.0 Å². The van der Waals surface area contributed by atoms with E-state index in [4.69, 9.17) is 16.7 Å². The predicted octanol–water partition coefficient (Wildman–Crippen LogP) is 7.55. The Morgan fingerprint density at radius 3 is 2.35 bits per heavy atom. The van der Waals surface area contributed by atoms with Crippen LogP contribution in [0.2, 0.25) is 5.02 Å². The van der Waals surface area contributed by atoms with Crippen LogP contribution in [0.15, 0.2) is 66.7 Å². The van der Waals surface area contributed by atoms with Gasteiger partial charge in [0.05, 0.1) is 17.7 Å². The van der Waals surface area contributed by atoms with Crippen molar-refractivity contribution >= 4 is 40.2 Å². The van der Waals surface area contributed by atoms with Gasteiger partial charge in [0.15, 0.2) is 5.78 Å². The van der Waals surface area contributed by atoms with Gasteiger partial charge >= 0.3 is 12.1 Å². The minimum absolute atomic E-state index is 0.0264. The fourth-order valence-electron chi connectivity index (χ4n) is 4.99. The summed E-state index contributed by atoms with van der Waals surface area (Å²) in [6.45, 7) is 1.93. The number of Topliss-reactive ketones (excluding diaryl/α,β-unsaturated/α-hetero) is 1. The Balaban J connectivity index is 1.62. The SMILES string of the molecule is CCCC(Cc1ccc(C(=O)NCCC(=O)O)cc1F)C(=O)c1cc2cc(Cl)ccc2n1Cc1ccc(C(F)(F)F)cc1. The van der Waals surface area contributed by atoms with E-state index in [1.807, 2.05) is 6.92 Å². The number of halogens is 5. The molecule has 0 aliphatic carbocycles. The Kier molecular flexibility index (Phi) is 9.91. The first kappa shape index (κ1) is 31.7. The number of nitrogens with one attached hydrogen (secondary N) is 1. The molecule has 3 aromatic carbocycles. The number of hydrogen-bond donors (Lipinski definition) is 2. The number of carbonyl (C=O) groups excluding carboxylic acids is 2. The molecule has 11 heteroatoms. The lowest BCUT2D eigenvalue weighted by atomic mass is 9.89. The molecule has 1 atom stereocenters. The highest BCUT2D eigenvalue weighted by molar-refractivity contribution is 6.31. The maximum Gasteiger partial charge on any atom is 0.416 e. The zero-order chi connectivity index (χ0) is 31.3. The number of fused-ring (bicyclic) bond motifs is 1. The van der Waals surface area contributed by atoms with Crippen LogP contribution in [0.4, 0.5) is 17.6 Å². The van der Waals surface area contributed by atoms with E-state index < -0.39 is 35.4 Å². The van der Waals surface area contributed by atoms with Crippen molar-refractivity contribution in [2.75, 3.05) is 6.54 Å². The van der Waals surface area contributed by atoms with Crippen molar-refractivity contribution in [1.29, 1.82) is 0 Å². The second-order valence-corrected chi connectivity index (χ2v) is 10.7. The summed E-state index contributed by atoms with van der Waals surface area (Å²) < 4.78 is 56.1. The lowest BCUT2D eigenvalue weighted by Gasteiger charge is -2.18. The number of alkyl halides is 3. The molecule has 0 saturated heterocycles. The van der Waals surface area contributed by atoms with Gasteiger partial charge in [-0.1, -0.05) is 43.1 Å². The molecule has 2 N–H and O–H groups in total. The fourth-order valence-corrected chi connectivity index (χ4v) is 5.17. The second-order valence-electron chi connectivity index (χ2n) is 10.3. The zero-order valence-electron chi connectivity index (χ0n) is 23.2. The minimum atomic E-state index is -4.47. The number of carbonyl (C=O) groups is 3. The van der Waals surface area contributed by atoms with Crippen LogP contribution in [0, 0.1) is 11.7 Å². The highest BCUT2D eigenvalue weighted by Crippen LogP contribution is 2.31. The van der Waals surface area contributed by atoms with E-state index in [0.717, 1.165) is 18.2 Å². The molecule has 1 unspecified atom stereocenters. The molecule has 0 spiro atoms. The Bertz CT molecular complexity index is 1650. The standard InChI is InChI=1S/C32H29ClF4N2O4/c1-2-3-21(14-20-6-7-22(16-26(20)34)31(43)38-13-12-29(40)41)30(42)28-17-23-15-25(33)10-11-27(23)39(28)18-19-4-8-24(9-5-19)32(35,36)37/h4-11,15-17,21H,2-3,12-14,18H2,1H3,(H,38,43)(H,40,41). The number of amides is 1. The van der Waals surface area contributed by atoms with Crippen molar-refractivity contribution in [2.45, 2.75) is 45.3 Å². The number of nitrogens with zero attached hydrogens (tertiary/aromatic N) is 1. The van der Waals surface area contributed by atoms with Crippen LogP contribution in [0.5, 0.6) is 0 Å². The second kappa shape index (κ2) is 13.4. The van der Waals surface area contributed by atoms with E-state index in [1.165, 1.54) is 24.3 Å². The highest BCUT2D eigenvalue weighted by atomic mass is 35.5. The van der Waals surface area contributed by atoms with Gasteiger partial charge in [-0.15, -0.1) is 0 Å². The minimum Gasteiger partial charge on any atom is -0.481 e. The third kappa shape index (κ3) is 7.81. The van der Waals surface area contributed by atoms with Crippen LogP contribution in [0.1, 0.15) is 63.7 Å². The van der Waals surface area contributed by atoms with Crippen LogP contribution >= 0.6 is 11.6 Å². The molecular formula is C32H29ClF4N2O4. The summed E-state index contributed by atoms with van der Waals surface area (Å²) in [6, 6.07) is 15.5. The molecule has 0 aliphatic rings. The Morgan fingerprint density at radius 2 is 1.72 bits per heavy atom. The van der Waals surface area contributed by atoms with E-state index in [1.54, 1.807) is 28.8 Å². The Morgan fingerprint density at radius 1 is 1.00 bits per heavy atom. The zero-order valence-corrected chi connectivity index (χ0v) is 23.9. The lowest BCUT2D eigenvalue weighted by molar-refractivity contribution is -0.138. The van der Waals surface area contributed by atoms with E-state index >= 15 is 4.39 Å². The average molecular weight is 617 g/mol. The van der Waals surface area contributed by atoms with Crippen molar-refractivity contribution in [3.05, 3.63) is 106 Å². The largest absolute Gasteiger partial charge is 0.481 e. The molecule has 6 nitrogen and oxygen atoms in total. The smallest absolute Gasteiger partial charge is 0.416 e. The summed E-state index contributed by atoms with van der Waals surface area (Å²) in [7, 11) is 0. The van der Waals surface area contributed by atoms with Gasteiger partial charge in [0.25, 0.3) is 5.91 Å². The first-order chi connectivity index (χ1) is 20.4. The number of aliphatic carboxylic acids is 1. The van der Waals surface area contributed by atoms with Gasteiger partial charge in [0, 0.05) is 40.5 Å². The van der Waals surface area contributed by atoms with Gasteiger partial charge < -0.3 is 15.0 Å². The van der Waals surface area contributed by atoms with Gasteiger partial charge in [-0.3, -0.25) is 14.4 Å². The predicted molar refractivity (Wildman–Crippen MR) is 155 cm³/mol. The van der Waals surface area contributed by atoms with Crippen LogP contribution in [-0.2, 0) is 23.9 Å². The quantitative estimate of drug-likeness (QED) is 0.127.